The van der Waals surface area contributed by atoms with Crippen molar-refractivity contribution in [1.82, 2.24) is 19.8 Å². The molecule has 3 N–H and O–H groups in total. The highest BCUT2D eigenvalue weighted by atomic mass is 19.1. The minimum absolute atomic E-state index is 0.0453. The molecule has 4 rings (SSSR count). The second-order valence-corrected chi connectivity index (χ2v) is 8.26. The number of hydrogen-bond donors (Lipinski definition) is 3. The Morgan fingerprint density at radius 1 is 1.24 bits per heavy atom. The van der Waals surface area contributed by atoms with Gasteiger partial charge in [0.1, 0.15) is 16.9 Å². The molecule has 0 radical (unpaired) electrons. The molecule has 1 aliphatic heterocycles. The van der Waals surface area contributed by atoms with Crippen molar-refractivity contribution >= 4 is 16.9 Å². The number of fused-ring (bicyclic) bond motifs is 1. The van der Waals surface area contributed by atoms with E-state index in [2.05, 4.69) is 15.2 Å². The summed E-state index contributed by atoms with van der Waals surface area (Å²) in [7, 11) is 1.50. The summed E-state index contributed by atoms with van der Waals surface area (Å²) in [5.41, 5.74) is 1.97. The Kier molecular flexibility index (Phi) is 7.20. The number of halogens is 1. The van der Waals surface area contributed by atoms with Crippen LogP contribution in [0.1, 0.15) is 27.0 Å². The molecular formula is C24H27FN4O5. The zero-order chi connectivity index (χ0) is 24.2. The van der Waals surface area contributed by atoms with Gasteiger partial charge in [0.05, 0.1) is 25.3 Å². The van der Waals surface area contributed by atoms with Crippen molar-refractivity contribution < 1.29 is 24.1 Å². The maximum absolute atomic E-state index is 14.0. The number of carbonyl (C=O) groups is 1. The molecule has 9 nitrogen and oxygen atoms in total. The van der Waals surface area contributed by atoms with E-state index in [0.29, 0.717) is 31.7 Å². The highest BCUT2D eigenvalue weighted by Gasteiger charge is 2.22. The van der Waals surface area contributed by atoms with Crippen molar-refractivity contribution in [3.05, 3.63) is 68.9 Å². The number of aliphatic hydroxyl groups excluding tert-OH is 1. The van der Waals surface area contributed by atoms with Gasteiger partial charge in [0.15, 0.2) is 5.75 Å². The molecule has 3 aromatic rings. The highest BCUT2D eigenvalue weighted by molar-refractivity contribution is 6.01. The van der Waals surface area contributed by atoms with Gasteiger partial charge in [0.25, 0.3) is 11.5 Å². The maximum Gasteiger partial charge on any atom is 0.267 e. The van der Waals surface area contributed by atoms with Crippen LogP contribution in [0.3, 0.4) is 0 Å². The van der Waals surface area contributed by atoms with Gasteiger partial charge in [-0.3, -0.25) is 19.5 Å². The molecule has 0 bridgehead atoms. The van der Waals surface area contributed by atoms with Gasteiger partial charge in [-0.2, -0.15) is 0 Å². The van der Waals surface area contributed by atoms with Crippen LogP contribution in [0.5, 0.6) is 5.75 Å². The largest absolute Gasteiger partial charge is 0.505 e. The number of pyridine rings is 2. The fourth-order valence-corrected chi connectivity index (χ4v) is 4.12. The number of aromatic hydroxyl groups is 1. The minimum atomic E-state index is -0.779. The number of aryl methyl sites for hydroxylation is 1. The summed E-state index contributed by atoms with van der Waals surface area (Å²) in [6.07, 6.45) is 2.03. The van der Waals surface area contributed by atoms with Crippen LogP contribution in [-0.4, -0.2) is 70.0 Å². The van der Waals surface area contributed by atoms with Crippen LogP contribution < -0.4 is 10.9 Å². The van der Waals surface area contributed by atoms with E-state index < -0.39 is 22.8 Å². The summed E-state index contributed by atoms with van der Waals surface area (Å²) >= 11 is 0. The molecular weight excluding hydrogens is 443 g/mol. The average Bonchev–Trinajstić information content (AvgIpc) is 2.83. The van der Waals surface area contributed by atoms with Gasteiger partial charge in [-0.1, -0.05) is 6.07 Å². The third-order valence-corrected chi connectivity index (χ3v) is 5.95. The van der Waals surface area contributed by atoms with E-state index >= 15 is 0 Å². The number of amides is 1. The second kappa shape index (κ2) is 10.3. The quantitative estimate of drug-likeness (QED) is 0.470. The Bertz CT molecular complexity index is 1270. The molecule has 1 aromatic carbocycles. The number of nitrogens with zero attached hydrogens (tertiary/aromatic N) is 3. The van der Waals surface area contributed by atoms with Gasteiger partial charge in [0.2, 0.25) is 0 Å². The number of morpholine rings is 1. The smallest absolute Gasteiger partial charge is 0.267 e. The molecule has 10 heteroatoms. The molecule has 1 aliphatic rings. The fourth-order valence-electron chi connectivity index (χ4n) is 4.12. The lowest BCUT2D eigenvalue weighted by Crippen LogP contribution is -2.35. The van der Waals surface area contributed by atoms with Crippen molar-refractivity contribution in [3.63, 3.8) is 0 Å². The van der Waals surface area contributed by atoms with Crippen molar-refractivity contribution in [2.24, 2.45) is 7.05 Å². The zero-order valence-corrected chi connectivity index (χ0v) is 18.9. The van der Waals surface area contributed by atoms with Crippen LogP contribution in [-0.2, 0) is 24.8 Å². The van der Waals surface area contributed by atoms with Gasteiger partial charge in [0, 0.05) is 39.4 Å². The van der Waals surface area contributed by atoms with E-state index in [0.717, 1.165) is 29.8 Å². The van der Waals surface area contributed by atoms with Crippen molar-refractivity contribution in [2.75, 3.05) is 39.5 Å². The van der Waals surface area contributed by atoms with Crippen molar-refractivity contribution in [2.45, 2.75) is 13.0 Å². The lowest BCUT2D eigenvalue weighted by molar-refractivity contribution is 0.0340. The molecule has 0 spiro atoms. The maximum atomic E-state index is 14.0. The predicted molar refractivity (Wildman–Crippen MR) is 123 cm³/mol. The van der Waals surface area contributed by atoms with Crippen LogP contribution >= 0.6 is 0 Å². The monoisotopic (exact) mass is 470 g/mol. The summed E-state index contributed by atoms with van der Waals surface area (Å²) in [4.78, 5) is 31.6. The number of benzene rings is 1. The van der Waals surface area contributed by atoms with E-state index in [1.165, 1.54) is 23.7 Å². The molecule has 0 saturated carbocycles. The van der Waals surface area contributed by atoms with Crippen LogP contribution in [0.25, 0.3) is 11.0 Å². The Hall–Kier alpha value is -3.34. The minimum Gasteiger partial charge on any atom is -0.505 e. The first-order chi connectivity index (χ1) is 16.4. The summed E-state index contributed by atoms with van der Waals surface area (Å²) in [5, 5.41) is 21.9. The molecule has 1 saturated heterocycles. The number of hydrogen-bond acceptors (Lipinski definition) is 7. The zero-order valence-electron chi connectivity index (χ0n) is 18.9. The number of ether oxygens (including phenoxy) is 1. The lowest BCUT2D eigenvalue weighted by atomic mass is 9.99. The van der Waals surface area contributed by atoms with Crippen LogP contribution in [0.2, 0.25) is 0 Å². The van der Waals surface area contributed by atoms with Gasteiger partial charge >= 0.3 is 0 Å². The second-order valence-electron chi connectivity index (χ2n) is 8.26. The fraction of sp³-hybridized carbons (Fsp3) is 0.375. The normalized spacial score (nSPS) is 14.4. The summed E-state index contributed by atoms with van der Waals surface area (Å²) in [6.45, 7) is 3.12. The third-order valence-electron chi connectivity index (χ3n) is 5.95. The first-order valence-corrected chi connectivity index (χ1v) is 11.1. The van der Waals surface area contributed by atoms with Crippen LogP contribution in [0, 0.1) is 5.82 Å². The molecule has 3 heterocycles. The molecule has 2 aromatic heterocycles. The molecule has 0 aliphatic carbocycles. The van der Waals surface area contributed by atoms with E-state index in [1.54, 1.807) is 18.3 Å². The SMILES string of the molecule is Cn1c(=O)c(C(=O)NCCO)c(O)c2ncc(Cc3ccc(F)cc3CN3CCOCC3)cc21. The molecule has 180 valence electrons. The van der Waals surface area contributed by atoms with Crippen LogP contribution in [0.4, 0.5) is 4.39 Å². The summed E-state index contributed by atoms with van der Waals surface area (Å²) < 4.78 is 20.7. The van der Waals surface area contributed by atoms with E-state index in [9.17, 15) is 19.1 Å². The molecule has 0 unspecified atom stereocenters. The Labute approximate surface area is 195 Å². The number of rotatable bonds is 7. The Morgan fingerprint density at radius 3 is 2.74 bits per heavy atom. The first kappa shape index (κ1) is 23.8. The van der Waals surface area contributed by atoms with Crippen molar-refractivity contribution in [3.8, 4) is 5.75 Å². The predicted octanol–water partition coefficient (Wildman–Crippen LogP) is 0.923. The first-order valence-electron chi connectivity index (χ1n) is 11.1. The number of aromatic nitrogens is 2. The highest BCUT2D eigenvalue weighted by Crippen LogP contribution is 2.26. The van der Waals surface area contributed by atoms with Crippen LogP contribution in [0.15, 0.2) is 35.3 Å². The van der Waals surface area contributed by atoms with Gasteiger partial charge in [-0.15, -0.1) is 0 Å². The summed E-state index contributed by atoms with van der Waals surface area (Å²) in [6, 6.07) is 6.45. The van der Waals surface area contributed by atoms with Gasteiger partial charge in [-0.25, -0.2) is 4.39 Å². The van der Waals surface area contributed by atoms with E-state index in [1.807, 2.05) is 0 Å². The Morgan fingerprint density at radius 2 is 2.00 bits per heavy atom. The average molecular weight is 471 g/mol. The number of nitrogens with one attached hydrogen (secondary N) is 1. The molecule has 1 amide bonds. The standard InChI is InChI=1S/C24H27FN4O5/c1-28-19-11-15(13-27-21(19)22(31)20(24(28)33)23(32)26-4-7-30)10-16-2-3-18(25)12-17(16)14-29-5-8-34-9-6-29/h2-3,11-13,30-31H,4-10,14H2,1H3,(H,26,32). The number of carbonyl (C=O) groups excluding carboxylic acids is 1. The Balaban J connectivity index is 1.67. The van der Waals surface area contributed by atoms with Gasteiger partial charge < -0.3 is 24.8 Å². The topological polar surface area (TPSA) is 117 Å². The van der Waals surface area contributed by atoms with E-state index in [-0.39, 0.29) is 24.5 Å². The summed E-state index contributed by atoms with van der Waals surface area (Å²) in [5.74, 6) is -1.59. The number of aliphatic hydroxyl groups is 1. The molecule has 1 fully saturated rings. The third kappa shape index (κ3) is 4.93. The van der Waals surface area contributed by atoms with E-state index in [4.69, 9.17) is 9.84 Å². The van der Waals surface area contributed by atoms with Crippen molar-refractivity contribution in [1.29, 1.82) is 0 Å². The van der Waals surface area contributed by atoms with Gasteiger partial charge in [-0.05, 0) is 41.3 Å². The lowest BCUT2D eigenvalue weighted by Gasteiger charge is -2.27. The molecule has 0 atom stereocenters. The molecule has 34 heavy (non-hydrogen) atoms.